The zero-order valence-electron chi connectivity index (χ0n) is 67.3. The number of allylic oxidation sites excluding steroid dienone is 8. The minimum atomic E-state index is -0.563. The molecule has 100 heavy (non-hydrogen) atoms. The Morgan fingerprint density at radius 3 is 0.670 bits per heavy atom. The third-order valence-electron chi connectivity index (χ3n) is 20.3. The van der Waals surface area contributed by atoms with Crippen LogP contribution in [0.1, 0.15) is 401 Å². The van der Waals surface area contributed by atoms with Crippen molar-refractivity contribution in [3.05, 3.63) is 48.6 Å². The van der Waals surface area contributed by atoms with Crippen molar-refractivity contribution in [3.8, 4) is 0 Å². The fourth-order valence-corrected chi connectivity index (χ4v) is 13.4. The second-order valence-electron chi connectivity index (χ2n) is 29.7. The summed E-state index contributed by atoms with van der Waals surface area (Å²) in [5.41, 5.74) is 5.83. The lowest BCUT2D eigenvalue weighted by molar-refractivity contribution is -0.146. The first kappa shape index (κ1) is 96.2. The van der Waals surface area contributed by atoms with Gasteiger partial charge in [0.1, 0.15) is 0 Å². The van der Waals surface area contributed by atoms with Crippen molar-refractivity contribution in [2.75, 3.05) is 85.1 Å². The molecule has 0 aromatic carbocycles. The highest BCUT2D eigenvalue weighted by Gasteiger charge is 2.27. The molecule has 0 saturated heterocycles. The molecule has 584 valence electrons. The van der Waals surface area contributed by atoms with E-state index in [0.717, 1.165) is 148 Å². The van der Waals surface area contributed by atoms with E-state index in [1.54, 1.807) is 19.6 Å². The Morgan fingerprint density at radius 1 is 0.250 bits per heavy atom. The van der Waals surface area contributed by atoms with Gasteiger partial charge in [0.2, 0.25) is 29.5 Å². The van der Waals surface area contributed by atoms with E-state index in [2.05, 4.69) is 100 Å². The highest BCUT2D eigenvalue weighted by atomic mass is 16.2. The smallest absolute Gasteiger partial charge is 0.242 e. The molecule has 0 aromatic rings. The van der Waals surface area contributed by atoms with Crippen molar-refractivity contribution in [1.29, 1.82) is 0 Å². The average Bonchev–Trinajstić information content (AvgIpc) is 0.874. The Balaban J connectivity index is 6.38. The number of unbranched alkanes of at least 4 members (excludes halogenated alkanes) is 48. The molecule has 0 unspecified atom stereocenters. The number of likely N-dealkylation sites (N-methyl/N-ethyl adjacent to an activating group) is 1. The number of nitrogens with two attached hydrogens (primary N) is 1. The van der Waals surface area contributed by atoms with Gasteiger partial charge in [0, 0.05) is 39.3 Å². The molecule has 3 N–H and O–H groups in total. The highest BCUT2D eigenvalue weighted by Crippen LogP contribution is 2.18. The number of hydrogen-bond donors (Lipinski definition) is 2. The van der Waals surface area contributed by atoms with Crippen LogP contribution in [-0.4, -0.2) is 139 Å². The summed E-state index contributed by atoms with van der Waals surface area (Å²) in [7, 11) is 0. The van der Waals surface area contributed by atoms with Gasteiger partial charge in [-0.25, -0.2) is 0 Å². The van der Waals surface area contributed by atoms with Crippen molar-refractivity contribution in [1.82, 2.24) is 29.8 Å². The van der Waals surface area contributed by atoms with E-state index in [0.29, 0.717) is 32.7 Å². The molecule has 0 radical (unpaired) electrons. The summed E-state index contributed by atoms with van der Waals surface area (Å²) in [5.74, 6) is -1.42. The molecule has 0 spiro atoms. The number of primary amides is 1. The largest absolute Gasteiger partial charge is 0.368 e. The summed E-state index contributed by atoms with van der Waals surface area (Å²) in [6.07, 6.45) is 85.2. The van der Waals surface area contributed by atoms with Crippen LogP contribution in [0.5, 0.6) is 0 Å². The van der Waals surface area contributed by atoms with Crippen molar-refractivity contribution in [2.24, 2.45) is 5.73 Å². The van der Waals surface area contributed by atoms with Crippen molar-refractivity contribution < 1.29 is 24.0 Å². The van der Waals surface area contributed by atoms with Crippen LogP contribution in [0.15, 0.2) is 48.6 Å². The number of nitrogens with zero attached hydrogens (tertiary/aromatic N) is 5. The fraction of sp³-hybridized carbons (Fsp3) is 0.852. The van der Waals surface area contributed by atoms with Gasteiger partial charge in [0.15, 0.2) is 0 Å². The van der Waals surface area contributed by atoms with Crippen LogP contribution in [0.25, 0.3) is 0 Å². The number of carbonyl (C=O) groups excluding carboxylic acids is 5. The maximum absolute atomic E-state index is 15.0. The zero-order chi connectivity index (χ0) is 72.9. The molecule has 12 nitrogen and oxygen atoms in total. The fourth-order valence-electron chi connectivity index (χ4n) is 13.4. The first-order chi connectivity index (χ1) is 49.1. The third kappa shape index (κ3) is 66.2. The Morgan fingerprint density at radius 2 is 0.450 bits per heavy atom. The van der Waals surface area contributed by atoms with Gasteiger partial charge in [-0.2, -0.15) is 0 Å². The maximum atomic E-state index is 15.0. The monoisotopic (exact) mass is 1400 g/mol. The van der Waals surface area contributed by atoms with E-state index >= 15 is 4.79 Å². The Hall–Kier alpha value is -3.77. The third-order valence-corrected chi connectivity index (χ3v) is 20.3. The first-order valence-electron chi connectivity index (χ1n) is 43.5. The SMILES string of the molecule is CCCCCCCC/C=C\CCCCCCCCN(CC(N)=O)C(=O)CN(CCCCCCCC/C=C\CCCCCCCC)C(=O)CN(CCCCCCCC/C=C\CCCCCCCC)C(=O)CN(CCCCCCCC/C=C\CCCCCCCC)C(=O)CNCCN(CC)CC. The van der Waals surface area contributed by atoms with Crippen LogP contribution in [0.4, 0.5) is 0 Å². The molecule has 0 aliphatic heterocycles. The highest BCUT2D eigenvalue weighted by molar-refractivity contribution is 5.91. The molecule has 12 heteroatoms. The summed E-state index contributed by atoms with van der Waals surface area (Å²) in [4.78, 5) is 80.3. The summed E-state index contributed by atoms with van der Waals surface area (Å²) in [6.45, 7) is 18.0. The lowest BCUT2D eigenvalue weighted by Gasteiger charge is -2.31. The van der Waals surface area contributed by atoms with Crippen molar-refractivity contribution in [2.45, 2.75) is 401 Å². The normalized spacial score (nSPS) is 11.9. The molecular formula is C88H167N7O5. The molecule has 0 saturated carbocycles. The van der Waals surface area contributed by atoms with E-state index in [1.807, 2.05) is 0 Å². The van der Waals surface area contributed by atoms with Crippen molar-refractivity contribution >= 4 is 29.5 Å². The standard InChI is InChI=1S/C88H167N7O5/c1-7-13-17-21-25-29-33-37-41-45-49-53-57-61-65-69-74-92(80-84(89)96)86(98)82-94(76-71-67-63-59-55-51-47-43-39-35-31-27-23-19-15-9-3)88(100)83-95(77-72-68-64-60-56-52-48-44-40-36-32-28-24-20-16-10-4)87(99)81-93(85(97)79-90-73-78-91(11-5)12-6)75-70-66-62-58-54-50-46-42-38-34-30-26-22-18-14-8-2/h37-44,90H,7-36,45-83H2,1-6H3,(H2,89,96)/b41-37-,42-38-,43-39-,44-40-. The van der Waals surface area contributed by atoms with Gasteiger partial charge in [0.05, 0.1) is 32.7 Å². The van der Waals surface area contributed by atoms with Crippen LogP contribution < -0.4 is 11.1 Å². The topological polar surface area (TPSA) is 140 Å². The molecule has 0 heterocycles. The van der Waals surface area contributed by atoms with E-state index < -0.39 is 5.91 Å². The maximum Gasteiger partial charge on any atom is 0.242 e. The molecule has 0 atom stereocenters. The molecule has 0 aliphatic carbocycles. The van der Waals surface area contributed by atoms with Gasteiger partial charge >= 0.3 is 0 Å². The summed E-state index contributed by atoms with van der Waals surface area (Å²) < 4.78 is 0. The molecule has 0 bridgehead atoms. The van der Waals surface area contributed by atoms with Crippen LogP contribution in [0, 0.1) is 0 Å². The lowest BCUT2D eigenvalue weighted by Crippen LogP contribution is -2.51. The van der Waals surface area contributed by atoms with Gasteiger partial charge in [-0.05, 0) is 142 Å². The Labute approximate surface area is 620 Å². The number of carbonyl (C=O) groups is 5. The van der Waals surface area contributed by atoms with E-state index in [-0.39, 0.29) is 56.4 Å². The van der Waals surface area contributed by atoms with Crippen LogP contribution >= 0.6 is 0 Å². The van der Waals surface area contributed by atoms with E-state index in [4.69, 9.17) is 5.73 Å². The van der Waals surface area contributed by atoms with Crippen LogP contribution in [-0.2, 0) is 24.0 Å². The number of nitrogens with one attached hydrogen (secondary N) is 1. The van der Waals surface area contributed by atoms with E-state index in [9.17, 15) is 19.2 Å². The predicted octanol–water partition coefficient (Wildman–Crippen LogP) is 22.9. The summed E-state index contributed by atoms with van der Waals surface area (Å²) in [6, 6.07) is 0. The Bertz CT molecular complexity index is 1940. The van der Waals surface area contributed by atoms with E-state index in [1.165, 1.54) is 231 Å². The quantitative estimate of drug-likeness (QED) is 0.0456. The minimum Gasteiger partial charge on any atom is -0.368 e. The Kier molecular flexibility index (Phi) is 74.9. The number of rotatable bonds is 79. The zero-order valence-corrected chi connectivity index (χ0v) is 67.3. The number of amides is 5. The van der Waals surface area contributed by atoms with Crippen molar-refractivity contribution in [3.63, 3.8) is 0 Å². The second kappa shape index (κ2) is 77.8. The summed E-state index contributed by atoms with van der Waals surface area (Å²) >= 11 is 0. The second-order valence-corrected chi connectivity index (χ2v) is 29.7. The summed E-state index contributed by atoms with van der Waals surface area (Å²) in [5, 5.41) is 3.39. The van der Waals surface area contributed by atoms with Gasteiger partial charge in [0.25, 0.3) is 0 Å². The lowest BCUT2D eigenvalue weighted by atomic mass is 10.1. The van der Waals surface area contributed by atoms with Crippen LogP contribution in [0.2, 0.25) is 0 Å². The van der Waals surface area contributed by atoms with Gasteiger partial charge in [-0.15, -0.1) is 0 Å². The molecule has 0 rings (SSSR count). The average molecular weight is 1400 g/mol. The molecule has 0 aromatic heterocycles. The predicted molar refractivity (Wildman–Crippen MR) is 434 cm³/mol. The number of hydrogen-bond acceptors (Lipinski definition) is 7. The molecule has 5 amide bonds. The van der Waals surface area contributed by atoms with Crippen LogP contribution in [0.3, 0.4) is 0 Å². The molecule has 0 fully saturated rings. The minimum absolute atomic E-state index is 0.0854. The first-order valence-corrected chi connectivity index (χ1v) is 43.5. The molecular weight excluding hydrogens is 1240 g/mol. The van der Waals surface area contributed by atoms with Gasteiger partial charge < -0.3 is 35.6 Å². The van der Waals surface area contributed by atoms with Gasteiger partial charge in [-0.3, -0.25) is 24.0 Å². The van der Waals surface area contributed by atoms with Gasteiger partial charge in [-0.1, -0.05) is 321 Å². The molecule has 0 aliphatic rings.